The second kappa shape index (κ2) is 4.78. The van der Waals surface area contributed by atoms with Crippen LogP contribution < -0.4 is 0 Å². The fourth-order valence-corrected chi connectivity index (χ4v) is 2.50. The maximum absolute atomic E-state index is 12.0. The number of rotatable bonds is 3. The van der Waals surface area contributed by atoms with Crippen LogP contribution in [0.3, 0.4) is 0 Å². The lowest BCUT2D eigenvalue weighted by Gasteiger charge is -2.30. The van der Waals surface area contributed by atoms with Crippen molar-refractivity contribution in [3.05, 3.63) is 12.7 Å². The van der Waals surface area contributed by atoms with Crippen molar-refractivity contribution in [2.75, 3.05) is 19.6 Å². The van der Waals surface area contributed by atoms with Gasteiger partial charge in [0, 0.05) is 6.54 Å². The quantitative estimate of drug-likeness (QED) is 0.523. The predicted octanol–water partition coefficient (Wildman–Crippen LogP) is 0.786. The summed E-state index contributed by atoms with van der Waals surface area (Å²) in [6, 6.07) is -0.201. The van der Waals surface area contributed by atoms with E-state index in [0.29, 0.717) is 13.0 Å². The Labute approximate surface area is 95.9 Å². The minimum Gasteiger partial charge on any atom is -0.292 e. The van der Waals surface area contributed by atoms with Crippen LogP contribution in [-0.4, -0.2) is 47.3 Å². The van der Waals surface area contributed by atoms with Crippen molar-refractivity contribution >= 4 is 11.8 Å². The molecule has 2 aliphatic rings. The summed E-state index contributed by atoms with van der Waals surface area (Å²) in [6.45, 7) is 5.82. The van der Waals surface area contributed by atoms with Gasteiger partial charge in [-0.2, -0.15) is 0 Å². The van der Waals surface area contributed by atoms with Crippen molar-refractivity contribution in [2.45, 2.75) is 31.7 Å². The van der Waals surface area contributed by atoms with Gasteiger partial charge in [-0.3, -0.25) is 19.4 Å². The van der Waals surface area contributed by atoms with E-state index < -0.39 is 0 Å². The summed E-state index contributed by atoms with van der Waals surface area (Å²) in [6.07, 6.45) is 5.47. The Morgan fingerprint density at radius 2 is 1.94 bits per heavy atom. The van der Waals surface area contributed by atoms with E-state index >= 15 is 0 Å². The minimum atomic E-state index is -0.201. The van der Waals surface area contributed by atoms with Crippen LogP contribution in [0.5, 0.6) is 0 Å². The molecule has 0 aliphatic carbocycles. The van der Waals surface area contributed by atoms with E-state index in [4.69, 9.17) is 0 Å². The summed E-state index contributed by atoms with van der Waals surface area (Å²) in [5.41, 5.74) is 0. The van der Waals surface area contributed by atoms with Crippen LogP contribution in [0.15, 0.2) is 12.7 Å². The molecule has 1 unspecified atom stereocenters. The van der Waals surface area contributed by atoms with Gasteiger partial charge in [-0.1, -0.05) is 12.5 Å². The van der Waals surface area contributed by atoms with Crippen LogP contribution in [-0.2, 0) is 9.59 Å². The Kier molecular flexibility index (Phi) is 3.39. The van der Waals surface area contributed by atoms with Gasteiger partial charge in [-0.15, -0.1) is 6.58 Å². The van der Waals surface area contributed by atoms with Gasteiger partial charge in [0.15, 0.2) is 0 Å². The zero-order valence-electron chi connectivity index (χ0n) is 9.52. The molecule has 4 heteroatoms. The first-order chi connectivity index (χ1) is 7.74. The van der Waals surface area contributed by atoms with Crippen molar-refractivity contribution in [1.29, 1.82) is 0 Å². The number of imide groups is 1. The lowest BCUT2D eigenvalue weighted by atomic mass is 10.1. The van der Waals surface area contributed by atoms with Gasteiger partial charge < -0.3 is 0 Å². The third kappa shape index (κ3) is 2.02. The fourth-order valence-electron chi connectivity index (χ4n) is 2.50. The maximum atomic E-state index is 12.0. The number of hydrogen-bond acceptors (Lipinski definition) is 3. The lowest BCUT2D eigenvalue weighted by molar-refractivity contribution is -0.139. The third-order valence-corrected chi connectivity index (χ3v) is 3.36. The molecule has 0 bridgehead atoms. The molecule has 0 aromatic heterocycles. The Hall–Kier alpha value is -1.16. The van der Waals surface area contributed by atoms with E-state index in [9.17, 15) is 9.59 Å². The van der Waals surface area contributed by atoms with Crippen LogP contribution in [0.2, 0.25) is 0 Å². The van der Waals surface area contributed by atoms with Crippen molar-refractivity contribution < 1.29 is 9.59 Å². The second-order valence-corrected chi connectivity index (χ2v) is 4.45. The standard InChI is InChI=1S/C12H18N2O2/c1-2-6-14-11(15)9-10(12(14)16)13-7-4-3-5-8-13/h2,10H,1,3-9H2. The average Bonchev–Trinajstić information content (AvgIpc) is 2.59. The molecule has 16 heavy (non-hydrogen) atoms. The number of amides is 2. The smallest absolute Gasteiger partial charge is 0.247 e. The van der Waals surface area contributed by atoms with Crippen LogP contribution in [0.4, 0.5) is 0 Å². The molecule has 1 atom stereocenters. The second-order valence-electron chi connectivity index (χ2n) is 4.45. The molecule has 2 rings (SSSR count). The highest BCUT2D eigenvalue weighted by atomic mass is 16.2. The minimum absolute atomic E-state index is 0.0354. The first kappa shape index (κ1) is 11.3. The Bertz CT molecular complexity index is 308. The summed E-state index contributed by atoms with van der Waals surface area (Å²) in [5.74, 6) is -0.0905. The summed E-state index contributed by atoms with van der Waals surface area (Å²) in [5, 5.41) is 0. The molecular weight excluding hydrogens is 204 g/mol. The monoisotopic (exact) mass is 222 g/mol. The van der Waals surface area contributed by atoms with Crippen LogP contribution in [0.25, 0.3) is 0 Å². The topological polar surface area (TPSA) is 40.6 Å². The molecule has 0 saturated carbocycles. The molecule has 0 radical (unpaired) electrons. The summed E-state index contributed by atoms with van der Waals surface area (Å²) in [4.78, 5) is 27.2. The molecule has 0 spiro atoms. The van der Waals surface area contributed by atoms with E-state index in [-0.39, 0.29) is 17.9 Å². The largest absolute Gasteiger partial charge is 0.292 e. The number of likely N-dealkylation sites (tertiary alicyclic amines) is 2. The Balaban J connectivity index is 2.04. The summed E-state index contributed by atoms with van der Waals surface area (Å²) < 4.78 is 0. The molecule has 2 fully saturated rings. The number of hydrogen-bond donors (Lipinski definition) is 0. The normalized spacial score (nSPS) is 27.5. The molecule has 2 aliphatic heterocycles. The van der Waals surface area contributed by atoms with E-state index in [0.717, 1.165) is 25.9 Å². The van der Waals surface area contributed by atoms with Gasteiger partial charge in [-0.05, 0) is 25.9 Å². The molecule has 2 saturated heterocycles. The molecule has 88 valence electrons. The van der Waals surface area contributed by atoms with E-state index in [2.05, 4.69) is 11.5 Å². The van der Waals surface area contributed by atoms with Crippen LogP contribution in [0.1, 0.15) is 25.7 Å². The van der Waals surface area contributed by atoms with E-state index in [1.165, 1.54) is 11.3 Å². The van der Waals surface area contributed by atoms with Gasteiger partial charge in [0.2, 0.25) is 11.8 Å². The van der Waals surface area contributed by atoms with Gasteiger partial charge in [0.25, 0.3) is 0 Å². The van der Waals surface area contributed by atoms with Crippen molar-refractivity contribution in [1.82, 2.24) is 9.80 Å². The molecule has 0 aromatic carbocycles. The number of carbonyl (C=O) groups excluding carboxylic acids is 2. The molecule has 2 heterocycles. The van der Waals surface area contributed by atoms with Gasteiger partial charge in [-0.25, -0.2) is 0 Å². The summed E-state index contributed by atoms with van der Waals surface area (Å²) in [7, 11) is 0. The predicted molar refractivity (Wildman–Crippen MR) is 60.7 cm³/mol. The molecule has 0 aromatic rings. The first-order valence-electron chi connectivity index (χ1n) is 5.93. The lowest BCUT2D eigenvalue weighted by Crippen LogP contribution is -2.44. The molecule has 0 N–H and O–H groups in total. The van der Waals surface area contributed by atoms with Gasteiger partial charge in [0.1, 0.15) is 0 Å². The average molecular weight is 222 g/mol. The highest BCUT2D eigenvalue weighted by Gasteiger charge is 2.41. The van der Waals surface area contributed by atoms with Crippen LogP contribution in [0, 0.1) is 0 Å². The number of piperidine rings is 1. The SMILES string of the molecule is C=CCN1C(=O)CC(N2CCCCC2)C1=O. The zero-order chi connectivity index (χ0) is 11.5. The molecule has 2 amide bonds. The third-order valence-electron chi connectivity index (χ3n) is 3.36. The van der Waals surface area contributed by atoms with Crippen molar-refractivity contribution in [3.8, 4) is 0 Å². The van der Waals surface area contributed by atoms with Gasteiger partial charge >= 0.3 is 0 Å². The van der Waals surface area contributed by atoms with Crippen molar-refractivity contribution in [3.63, 3.8) is 0 Å². The Morgan fingerprint density at radius 1 is 1.25 bits per heavy atom. The highest BCUT2D eigenvalue weighted by molar-refractivity contribution is 6.05. The summed E-state index contributed by atoms with van der Waals surface area (Å²) >= 11 is 0. The van der Waals surface area contributed by atoms with Crippen molar-refractivity contribution in [2.24, 2.45) is 0 Å². The zero-order valence-corrected chi connectivity index (χ0v) is 9.52. The molecule has 4 nitrogen and oxygen atoms in total. The van der Waals surface area contributed by atoms with Gasteiger partial charge in [0.05, 0.1) is 12.5 Å². The van der Waals surface area contributed by atoms with E-state index in [1.807, 2.05) is 0 Å². The highest BCUT2D eigenvalue weighted by Crippen LogP contribution is 2.22. The number of nitrogens with zero attached hydrogens (tertiary/aromatic N) is 2. The van der Waals surface area contributed by atoms with Crippen LogP contribution >= 0.6 is 0 Å². The molecular formula is C12H18N2O2. The number of carbonyl (C=O) groups is 2. The maximum Gasteiger partial charge on any atom is 0.247 e. The van der Waals surface area contributed by atoms with E-state index in [1.54, 1.807) is 6.08 Å². The Morgan fingerprint density at radius 3 is 2.56 bits per heavy atom. The fraction of sp³-hybridized carbons (Fsp3) is 0.667. The first-order valence-corrected chi connectivity index (χ1v) is 5.93.